The number of urea groups is 1. The van der Waals surface area contributed by atoms with Crippen molar-refractivity contribution in [2.24, 2.45) is 5.41 Å². The second kappa shape index (κ2) is 10.1. The number of aryl methyl sites for hydroxylation is 1. The van der Waals surface area contributed by atoms with Gasteiger partial charge in [0.1, 0.15) is 5.41 Å². The van der Waals surface area contributed by atoms with Crippen LogP contribution in [-0.2, 0) is 24.9 Å². The van der Waals surface area contributed by atoms with Crippen LogP contribution >= 0.6 is 0 Å². The van der Waals surface area contributed by atoms with Crippen LogP contribution in [-0.4, -0.2) is 52.6 Å². The number of amides is 4. The smallest absolute Gasteiger partial charge is 0.287 e. The summed E-state index contributed by atoms with van der Waals surface area (Å²) in [6.45, 7) is 4.16. The summed E-state index contributed by atoms with van der Waals surface area (Å²) in [4.78, 5) is 40.0. The lowest BCUT2D eigenvalue weighted by Crippen LogP contribution is -2.62. The van der Waals surface area contributed by atoms with E-state index in [-0.39, 0.29) is 0 Å². The van der Waals surface area contributed by atoms with Crippen molar-refractivity contribution < 1.29 is 22.8 Å². The van der Waals surface area contributed by atoms with E-state index >= 15 is 0 Å². The van der Waals surface area contributed by atoms with Gasteiger partial charge in [-0.05, 0) is 38.3 Å². The Morgan fingerprint density at radius 3 is 2.03 bits per heavy atom. The Hall–Kier alpha value is -2.06. The number of hydrogen-bond donors (Lipinski definition) is 0. The third-order valence-corrected chi connectivity index (χ3v) is 6.54. The maximum Gasteiger partial charge on any atom is 0.332 e. The van der Waals surface area contributed by atoms with Crippen molar-refractivity contribution in [2.75, 3.05) is 20.7 Å². The zero-order valence-electron chi connectivity index (χ0n) is 17.6. The van der Waals surface area contributed by atoms with Crippen molar-refractivity contribution in [3.05, 3.63) is 29.8 Å². The Morgan fingerprint density at radius 2 is 1.48 bits per heavy atom. The molecule has 2 rings (SSSR count). The molecule has 0 radical (unpaired) electrons. The average Bonchev–Trinajstić information content (AvgIpc) is 2.73. The molecular formula is C21H30N2O5S. The molecule has 1 fully saturated rings. The summed E-state index contributed by atoms with van der Waals surface area (Å²) in [6, 6.07) is 6.81. The molecule has 1 aliphatic rings. The van der Waals surface area contributed by atoms with Gasteiger partial charge in [-0.3, -0.25) is 23.6 Å². The molecule has 0 bridgehead atoms. The first-order valence-corrected chi connectivity index (χ1v) is 11.0. The molecule has 1 aromatic carbocycles. The molecule has 29 heavy (non-hydrogen) atoms. The van der Waals surface area contributed by atoms with Gasteiger partial charge in [0.15, 0.2) is 11.1 Å². The summed E-state index contributed by atoms with van der Waals surface area (Å²) >= 11 is -1.46. The summed E-state index contributed by atoms with van der Waals surface area (Å²) in [5, 5.41) is 0. The number of imide groups is 2. The molecule has 0 saturated carbocycles. The van der Waals surface area contributed by atoms with E-state index < -0.39 is 34.3 Å². The number of barbiturate groups is 1. The molecule has 4 amide bonds. The molecule has 1 aliphatic heterocycles. The van der Waals surface area contributed by atoms with Crippen LogP contribution in [0.25, 0.3) is 0 Å². The van der Waals surface area contributed by atoms with E-state index in [0.717, 1.165) is 34.6 Å². The van der Waals surface area contributed by atoms with Crippen LogP contribution in [0.5, 0.6) is 0 Å². The lowest BCUT2D eigenvalue weighted by atomic mass is 9.76. The van der Waals surface area contributed by atoms with Crippen LogP contribution < -0.4 is 0 Å². The van der Waals surface area contributed by atoms with Gasteiger partial charge in [0.05, 0.1) is 11.5 Å². The van der Waals surface area contributed by atoms with Gasteiger partial charge in [0.2, 0.25) is 11.8 Å². The molecule has 0 spiro atoms. The molecule has 1 atom stereocenters. The first-order chi connectivity index (χ1) is 13.7. The predicted molar refractivity (Wildman–Crippen MR) is 110 cm³/mol. The monoisotopic (exact) mass is 422 g/mol. The molecule has 1 aromatic rings. The van der Waals surface area contributed by atoms with Crippen molar-refractivity contribution >= 4 is 28.9 Å². The molecule has 0 aromatic heterocycles. The molecule has 1 heterocycles. The Bertz CT molecular complexity index is 754. The summed E-state index contributed by atoms with van der Waals surface area (Å²) in [5.74, 6) is -0.824. The van der Waals surface area contributed by atoms with Crippen LogP contribution in [0.15, 0.2) is 29.2 Å². The average molecular weight is 423 g/mol. The molecule has 1 saturated heterocycles. The van der Waals surface area contributed by atoms with Gasteiger partial charge in [-0.15, -0.1) is 0 Å². The first kappa shape index (κ1) is 23.2. The maximum absolute atomic E-state index is 12.6. The third-order valence-electron chi connectivity index (χ3n) is 5.51. The molecule has 1 unspecified atom stereocenters. The SMILES string of the molecule is CCC1(CCCCCCOS(=O)c2ccc(C)cc2)C(=O)N(C)C(=O)N(C)C1=O. The van der Waals surface area contributed by atoms with E-state index in [1.807, 2.05) is 26.0 Å². The highest BCUT2D eigenvalue weighted by Gasteiger charge is 2.53. The number of rotatable bonds is 10. The van der Waals surface area contributed by atoms with E-state index in [9.17, 15) is 18.6 Å². The Kier molecular flexibility index (Phi) is 8.10. The fourth-order valence-corrected chi connectivity index (χ4v) is 4.32. The largest absolute Gasteiger partial charge is 0.332 e. The number of benzene rings is 1. The number of carbonyl (C=O) groups is 3. The molecule has 7 nitrogen and oxygen atoms in total. The maximum atomic E-state index is 12.6. The van der Waals surface area contributed by atoms with Crippen LogP contribution in [0.4, 0.5) is 4.79 Å². The van der Waals surface area contributed by atoms with E-state index in [1.165, 1.54) is 14.1 Å². The highest BCUT2D eigenvalue weighted by atomic mass is 32.2. The van der Waals surface area contributed by atoms with E-state index in [0.29, 0.717) is 30.8 Å². The van der Waals surface area contributed by atoms with Crippen molar-refractivity contribution in [1.82, 2.24) is 9.80 Å². The van der Waals surface area contributed by atoms with Crippen molar-refractivity contribution in [3.63, 3.8) is 0 Å². The zero-order valence-corrected chi connectivity index (χ0v) is 18.4. The summed E-state index contributed by atoms with van der Waals surface area (Å²) < 4.78 is 17.5. The normalized spacial score (nSPS) is 17.7. The summed E-state index contributed by atoms with van der Waals surface area (Å²) in [7, 11) is 2.84. The highest BCUT2D eigenvalue weighted by molar-refractivity contribution is 7.80. The number of hydrogen-bond acceptors (Lipinski definition) is 5. The van der Waals surface area contributed by atoms with Gasteiger partial charge in [-0.25, -0.2) is 9.00 Å². The summed E-state index contributed by atoms with van der Waals surface area (Å²) in [6.07, 6.45) is 3.89. The molecule has 160 valence electrons. The number of carbonyl (C=O) groups excluding carboxylic acids is 3. The van der Waals surface area contributed by atoms with Gasteiger partial charge >= 0.3 is 6.03 Å². The quantitative estimate of drug-likeness (QED) is 0.426. The van der Waals surface area contributed by atoms with Gasteiger partial charge in [-0.2, -0.15) is 0 Å². The van der Waals surface area contributed by atoms with Crippen LogP contribution in [0.3, 0.4) is 0 Å². The Labute approximate surface area is 175 Å². The van der Waals surface area contributed by atoms with Crippen molar-refractivity contribution in [1.29, 1.82) is 0 Å². The van der Waals surface area contributed by atoms with E-state index in [4.69, 9.17) is 4.18 Å². The Balaban J connectivity index is 1.75. The van der Waals surface area contributed by atoms with Crippen molar-refractivity contribution in [2.45, 2.75) is 57.3 Å². The molecule has 0 N–H and O–H groups in total. The van der Waals surface area contributed by atoms with E-state index in [2.05, 4.69) is 0 Å². The van der Waals surface area contributed by atoms with Crippen LogP contribution in [0.1, 0.15) is 51.0 Å². The lowest BCUT2D eigenvalue weighted by molar-refractivity contribution is -0.158. The Morgan fingerprint density at radius 1 is 0.931 bits per heavy atom. The van der Waals surface area contributed by atoms with E-state index in [1.54, 1.807) is 12.1 Å². The van der Waals surface area contributed by atoms with Gasteiger partial charge in [0.25, 0.3) is 0 Å². The van der Waals surface area contributed by atoms with Crippen LogP contribution in [0.2, 0.25) is 0 Å². The minimum Gasteiger partial charge on any atom is -0.287 e. The lowest BCUT2D eigenvalue weighted by Gasteiger charge is -2.41. The van der Waals surface area contributed by atoms with Gasteiger partial charge in [-0.1, -0.05) is 43.9 Å². The third kappa shape index (κ3) is 5.11. The minimum absolute atomic E-state index is 0.366. The first-order valence-electron chi connectivity index (χ1n) is 9.96. The predicted octanol–water partition coefficient (Wildman–Crippen LogP) is 3.43. The molecular weight excluding hydrogens is 392 g/mol. The standard InChI is InChI=1S/C21H30N2O5S/c1-5-21(18(24)22(3)20(26)23(4)19(21)25)14-8-6-7-9-15-28-29(27)17-12-10-16(2)11-13-17/h10-13H,5-9,14-15H2,1-4H3. The van der Waals surface area contributed by atoms with Gasteiger partial charge < -0.3 is 0 Å². The number of unbranched alkanes of at least 4 members (excludes halogenated alkanes) is 3. The van der Waals surface area contributed by atoms with Gasteiger partial charge in [0, 0.05) is 14.1 Å². The second-order valence-electron chi connectivity index (χ2n) is 7.48. The second-order valence-corrected chi connectivity index (χ2v) is 8.66. The van der Waals surface area contributed by atoms with Crippen LogP contribution in [0, 0.1) is 12.3 Å². The van der Waals surface area contributed by atoms with Crippen molar-refractivity contribution in [3.8, 4) is 0 Å². The molecule has 0 aliphatic carbocycles. The minimum atomic E-state index is -1.46. The fourth-order valence-electron chi connectivity index (χ4n) is 3.56. The zero-order chi connectivity index (χ0) is 21.6. The number of nitrogens with zero attached hydrogens (tertiary/aromatic N) is 2. The topological polar surface area (TPSA) is 84.0 Å². The summed E-state index contributed by atoms with van der Waals surface area (Å²) in [5.41, 5.74) is -0.0480. The highest BCUT2D eigenvalue weighted by Crippen LogP contribution is 2.36. The molecule has 8 heteroatoms. The fraction of sp³-hybridized carbons (Fsp3) is 0.571.